The maximum absolute atomic E-state index is 15.3. The Balaban J connectivity index is 1.56. The van der Waals surface area contributed by atoms with Gasteiger partial charge in [0.05, 0.1) is 4.90 Å². The molecule has 1 heterocycles. The largest absolute Gasteiger partial charge is 0.325 e. The van der Waals surface area contributed by atoms with E-state index in [0.29, 0.717) is 18.7 Å². The van der Waals surface area contributed by atoms with Gasteiger partial charge in [-0.25, -0.2) is 26.0 Å². The molecule has 11 heteroatoms. The van der Waals surface area contributed by atoms with Crippen LogP contribution in [0.3, 0.4) is 0 Å². The Morgan fingerprint density at radius 1 is 1.02 bits per heavy atom. The van der Waals surface area contributed by atoms with E-state index < -0.39 is 57.1 Å². The van der Waals surface area contributed by atoms with Crippen molar-refractivity contribution in [3.63, 3.8) is 0 Å². The molecule has 1 aliphatic rings. The predicted octanol–water partition coefficient (Wildman–Crippen LogP) is 7.42. The summed E-state index contributed by atoms with van der Waals surface area (Å²) in [7, 11) is -3.83. The topological polar surface area (TPSA) is 78.5 Å². The number of anilines is 1. The number of nitrogens with one attached hydrogen (secondary N) is 2. The van der Waals surface area contributed by atoms with Gasteiger partial charge >= 0.3 is 0 Å². The highest BCUT2D eigenvalue weighted by molar-refractivity contribution is 7.89. The number of amides is 1. The second kappa shape index (κ2) is 15.7. The van der Waals surface area contributed by atoms with Gasteiger partial charge in [-0.3, -0.25) is 4.79 Å². The van der Waals surface area contributed by atoms with Crippen LogP contribution in [0.15, 0.2) is 101 Å². The molecule has 0 aliphatic carbocycles. The lowest BCUT2D eigenvalue weighted by molar-refractivity contribution is -0.120. The summed E-state index contributed by atoms with van der Waals surface area (Å²) in [6.07, 6.45) is 1.92. The summed E-state index contributed by atoms with van der Waals surface area (Å²) in [5, 5.41) is 6.03. The van der Waals surface area contributed by atoms with Crippen LogP contribution in [0.1, 0.15) is 50.7 Å². The van der Waals surface area contributed by atoms with Crippen LogP contribution in [-0.2, 0) is 21.2 Å². The maximum Gasteiger partial charge on any atom is 0.243 e. The number of carbonyl (C=O) groups excluding carboxylic acids is 1. The average molecular weight is 658 g/mol. The minimum Gasteiger partial charge on any atom is -0.325 e. The molecular formula is C35H39F4N3O3S. The van der Waals surface area contributed by atoms with Gasteiger partial charge in [0, 0.05) is 60.8 Å². The average Bonchev–Trinajstić information content (AvgIpc) is 3.03. The molecule has 3 aromatic rings. The third kappa shape index (κ3) is 8.51. The van der Waals surface area contributed by atoms with Crippen molar-refractivity contribution >= 4 is 21.6 Å². The number of carbonyl (C=O) groups is 1. The van der Waals surface area contributed by atoms with E-state index in [-0.39, 0.29) is 41.5 Å². The molecular weight excluding hydrogens is 618 g/mol. The Kier molecular flexibility index (Phi) is 11.9. The van der Waals surface area contributed by atoms with Crippen LogP contribution in [0, 0.1) is 17.6 Å². The Bertz CT molecular complexity index is 1660. The number of halogens is 4. The number of hydrogen-bond acceptors (Lipinski definition) is 4. The molecule has 0 bridgehead atoms. The molecule has 0 aromatic heterocycles. The van der Waals surface area contributed by atoms with Crippen molar-refractivity contribution in [2.24, 2.45) is 5.92 Å². The molecule has 1 aliphatic heterocycles. The van der Waals surface area contributed by atoms with Crippen LogP contribution in [0.25, 0.3) is 0 Å². The second-order valence-corrected chi connectivity index (χ2v) is 13.4. The smallest absolute Gasteiger partial charge is 0.243 e. The fourth-order valence-electron chi connectivity index (χ4n) is 5.84. The lowest BCUT2D eigenvalue weighted by Gasteiger charge is -2.40. The first kappa shape index (κ1) is 35.1. The zero-order valence-corrected chi connectivity index (χ0v) is 26.8. The minimum atomic E-state index is -3.83. The molecule has 0 saturated carbocycles. The SMILES string of the molecule is C/C=C(F)\C=C(\F)CC(c1ccc(F)cc1)[C@H](C)C(=O)Nc1cccc(F)c1CC[C@H]1CNC[C@@H](C)N1S(=O)(=O)c1ccccc1. The molecule has 1 unspecified atom stereocenters. The number of rotatable bonds is 12. The lowest BCUT2D eigenvalue weighted by Crippen LogP contribution is -2.58. The zero-order chi connectivity index (χ0) is 33.4. The lowest BCUT2D eigenvalue weighted by atomic mass is 9.83. The van der Waals surface area contributed by atoms with Crippen LogP contribution < -0.4 is 10.6 Å². The van der Waals surface area contributed by atoms with E-state index in [1.807, 2.05) is 6.92 Å². The fraction of sp³-hybridized carbons (Fsp3) is 0.343. The van der Waals surface area contributed by atoms with Gasteiger partial charge in [-0.05, 0) is 68.7 Å². The highest BCUT2D eigenvalue weighted by Gasteiger charge is 2.38. The summed E-state index contributed by atoms with van der Waals surface area (Å²) in [5.41, 5.74) is 0.893. The summed E-state index contributed by atoms with van der Waals surface area (Å²) < 4.78 is 86.3. The first-order valence-corrected chi connectivity index (χ1v) is 16.7. The van der Waals surface area contributed by atoms with E-state index >= 15 is 4.39 Å². The molecule has 0 spiro atoms. The predicted molar refractivity (Wildman–Crippen MR) is 172 cm³/mol. The van der Waals surface area contributed by atoms with Crippen molar-refractivity contribution < 1.29 is 30.8 Å². The van der Waals surface area contributed by atoms with Crippen LogP contribution in [0.5, 0.6) is 0 Å². The third-order valence-corrected chi connectivity index (χ3v) is 10.4. The Morgan fingerprint density at radius 2 is 1.72 bits per heavy atom. The summed E-state index contributed by atoms with van der Waals surface area (Å²) >= 11 is 0. The van der Waals surface area contributed by atoms with Crippen molar-refractivity contribution in [3.8, 4) is 0 Å². The Morgan fingerprint density at radius 3 is 2.39 bits per heavy atom. The van der Waals surface area contributed by atoms with Crippen molar-refractivity contribution in [2.45, 2.75) is 62.9 Å². The minimum absolute atomic E-state index is 0.123. The van der Waals surface area contributed by atoms with Crippen LogP contribution in [-0.4, -0.2) is 43.8 Å². The second-order valence-electron chi connectivity index (χ2n) is 11.5. The van der Waals surface area contributed by atoms with Crippen molar-refractivity contribution in [1.82, 2.24) is 9.62 Å². The highest BCUT2D eigenvalue weighted by Crippen LogP contribution is 2.34. The summed E-state index contributed by atoms with van der Waals surface area (Å²) in [6.45, 7) is 5.65. The Labute approximate surface area is 268 Å². The van der Waals surface area contributed by atoms with E-state index in [9.17, 15) is 26.4 Å². The molecule has 2 N–H and O–H groups in total. The van der Waals surface area contributed by atoms with Crippen LogP contribution in [0.4, 0.5) is 23.2 Å². The Hall–Kier alpha value is -3.80. The molecule has 6 nitrogen and oxygen atoms in total. The molecule has 46 heavy (non-hydrogen) atoms. The van der Waals surface area contributed by atoms with Gasteiger partial charge in [0.2, 0.25) is 15.9 Å². The van der Waals surface area contributed by atoms with Crippen molar-refractivity contribution in [2.75, 3.05) is 18.4 Å². The maximum atomic E-state index is 15.3. The molecule has 1 amide bonds. The van der Waals surface area contributed by atoms with Gasteiger partial charge in [0.15, 0.2) is 0 Å². The number of sulfonamides is 1. The van der Waals surface area contributed by atoms with E-state index in [0.717, 1.165) is 12.2 Å². The summed E-state index contributed by atoms with van der Waals surface area (Å²) in [6, 6.07) is 16.9. The third-order valence-electron chi connectivity index (χ3n) is 8.34. The molecule has 3 aromatic carbocycles. The van der Waals surface area contributed by atoms with E-state index in [1.54, 1.807) is 43.3 Å². The number of piperazine rings is 1. The standard InChI is InChI=1S/C35H39F4N3O3S/c1-4-26(36)19-28(38)20-32(25-13-15-27(37)16-14-25)24(3)35(43)41-34-12-8-11-33(39)31(34)18-17-29-22-40-21-23(2)42(29)46(44,45)30-9-6-5-7-10-30/h4-16,19,23-24,29,32,40H,17-18,20-22H2,1-3H3,(H,41,43)/b26-4+,28-19+/t23-,24+,29+,32?/m1/s1. The van der Waals surface area contributed by atoms with Gasteiger partial charge in [-0.1, -0.05) is 49.4 Å². The summed E-state index contributed by atoms with van der Waals surface area (Å²) in [4.78, 5) is 13.8. The molecule has 0 radical (unpaired) electrons. The van der Waals surface area contributed by atoms with E-state index in [4.69, 9.17) is 0 Å². The number of benzene rings is 3. The number of nitrogens with zero attached hydrogens (tertiary/aromatic N) is 1. The fourth-order valence-corrected chi connectivity index (χ4v) is 7.71. The van der Waals surface area contributed by atoms with Crippen molar-refractivity contribution in [1.29, 1.82) is 0 Å². The first-order chi connectivity index (χ1) is 21.9. The van der Waals surface area contributed by atoms with Crippen molar-refractivity contribution in [3.05, 3.63) is 119 Å². The number of hydrogen-bond donors (Lipinski definition) is 2. The quantitative estimate of drug-likeness (QED) is 0.157. The van der Waals surface area contributed by atoms with Crippen LogP contribution in [0.2, 0.25) is 0 Å². The molecule has 246 valence electrons. The van der Waals surface area contributed by atoms with Gasteiger partial charge < -0.3 is 10.6 Å². The molecule has 1 saturated heterocycles. The highest BCUT2D eigenvalue weighted by atomic mass is 32.2. The van der Waals surface area contributed by atoms with Gasteiger partial charge in [-0.15, -0.1) is 0 Å². The van der Waals surface area contributed by atoms with Gasteiger partial charge in [-0.2, -0.15) is 4.31 Å². The summed E-state index contributed by atoms with van der Waals surface area (Å²) in [5.74, 6) is -4.84. The van der Waals surface area contributed by atoms with E-state index in [2.05, 4.69) is 10.6 Å². The number of allylic oxidation sites excluding steroid dienone is 4. The normalized spacial score (nSPS) is 19.5. The van der Waals surface area contributed by atoms with E-state index in [1.165, 1.54) is 47.6 Å². The zero-order valence-electron chi connectivity index (χ0n) is 26.0. The first-order valence-electron chi connectivity index (χ1n) is 15.2. The van der Waals surface area contributed by atoms with Gasteiger partial charge in [0.25, 0.3) is 0 Å². The molecule has 4 rings (SSSR count). The van der Waals surface area contributed by atoms with Gasteiger partial charge in [0.1, 0.15) is 23.3 Å². The molecule has 1 fully saturated rings. The monoisotopic (exact) mass is 657 g/mol. The molecule has 4 atom stereocenters. The van der Waals surface area contributed by atoms with Crippen LogP contribution >= 0.6 is 0 Å².